The Morgan fingerprint density at radius 2 is 2.00 bits per heavy atom. The van der Waals surface area contributed by atoms with Gasteiger partial charge in [-0.15, -0.1) is 0 Å². The van der Waals surface area contributed by atoms with Crippen molar-refractivity contribution in [3.05, 3.63) is 35.4 Å². The lowest BCUT2D eigenvalue weighted by Gasteiger charge is -2.31. The highest BCUT2D eigenvalue weighted by atomic mass is 16.5. The molecule has 130 valence electrons. The van der Waals surface area contributed by atoms with E-state index < -0.39 is 6.03 Å². The number of hydrazine groups is 1. The van der Waals surface area contributed by atoms with Crippen LogP contribution in [0.4, 0.5) is 10.6 Å². The van der Waals surface area contributed by atoms with Crippen LogP contribution in [0.3, 0.4) is 0 Å². The van der Waals surface area contributed by atoms with Crippen LogP contribution in [0.2, 0.25) is 0 Å². The molecule has 2 aliphatic rings. The molecule has 1 aliphatic carbocycles. The van der Waals surface area contributed by atoms with E-state index in [0.717, 1.165) is 18.4 Å². The first kappa shape index (κ1) is 15.8. The fraction of sp³-hybridized carbons (Fsp3) is 0.353. The number of benzene rings is 1. The summed E-state index contributed by atoms with van der Waals surface area (Å²) >= 11 is 0. The Kier molecular flexibility index (Phi) is 3.98. The largest absolute Gasteiger partial charge is 0.381 e. The van der Waals surface area contributed by atoms with Gasteiger partial charge in [-0.05, 0) is 12.8 Å². The topological polar surface area (TPSA) is 99.4 Å². The Hall–Kier alpha value is -2.71. The van der Waals surface area contributed by atoms with Crippen LogP contribution >= 0.6 is 0 Å². The number of rotatable bonds is 3. The third-order valence-corrected chi connectivity index (χ3v) is 4.68. The average Bonchev–Trinajstić information content (AvgIpc) is 3.16. The molecule has 2 aromatic rings. The van der Waals surface area contributed by atoms with Crippen molar-refractivity contribution in [3.8, 4) is 11.3 Å². The lowest BCUT2D eigenvalue weighted by atomic mass is 10.1. The summed E-state index contributed by atoms with van der Waals surface area (Å²) in [4.78, 5) is 24.8. The summed E-state index contributed by atoms with van der Waals surface area (Å²) in [5, 5.41) is 11.4. The number of nitrogens with zero attached hydrogens (tertiary/aromatic N) is 2. The number of nitrogens with one attached hydrogen (secondary N) is 3. The zero-order valence-electron chi connectivity index (χ0n) is 13.8. The number of carbonyl (C=O) groups is 2. The first-order valence-corrected chi connectivity index (χ1v) is 8.26. The number of carbonyl (C=O) groups excluding carboxylic acids is 2. The molecule has 1 aliphatic heterocycles. The standard InChI is InChI=1S/C17H19N5O3/c1-22(10-6-8-25-9-7-10)21-17(24)18-16-13-14(19-20-16)11-4-2-3-5-12(11)15(13)23/h2-5,10H,6-9H2,1H3,(H3,18,19,20,21,24). The molecule has 0 spiro atoms. The number of amides is 2. The van der Waals surface area contributed by atoms with Crippen molar-refractivity contribution in [2.75, 3.05) is 25.6 Å². The number of H-pyrrole nitrogens is 1. The van der Waals surface area contributed by atoms with Crippen molar-refractivity contribution < 1.29 is 14.3 Å². The molecule has 0 atom stereocenters. The van der Waals surface area contributed by atoms with Crippen LogP contribution in [0, 0.1) is 0 Å². The molecule has 2 heterocycles. The van der Waals surface area contributed by atoms with Gasteiger partial charge in [0.1, 0.15) is 0 Å². The van der Waals surface area contributed by atoms with Crippen molar-refractivity contribution in [1.82, 2.24) is 20.6 Å². The first-order chi connectivity index (χ1) is 12.1. The highest BCUT2D eigenvalue weighted by Crippen LogP contribution is 2.38. The van der Waals surface area contributed by atoms with Crippen molar-refractivity contribution in [3.63, 3.8) is 0 Å². The molecule has 0 unspecified atom stereocenters. The Morgan fingerprint density at radius 1 is 1.28 bits per heavy atom. The van der Waals surface area contributed by atoms with Crippen LogP contribution in [0.1, 0.15) is 28.8 Å². The predicted octanol–water partition coefficient (Wildman–Crippen LogP) is 1.77. The normalized spacial score (nSPS) is 16.6. The van der Waals surface area contributed by atoms with Crippen molar-refractivity contribution in [1.29, 1.82) is 0 Å². The van der Waals surface area contributed by atoms with E-state index in [1.54, 1.807) is 11.1 Å². The quantitative estimate of drug-likeness (QED) is 0.631. The minimum Gasteiger partial charge on any atom is -0.381 e. The number of hydrogen-bond donors (Lipinski definition) is 3. The van der Waals surface area contributed by atoms with Gasteiger partial charge in [-0.2, -0.15) is 5.10 Å². The number of ketones is 1. The van der Waals surface area contributed by atoms with Gasteiger partial charge in [0, 0.05) is 37.4 Å². The molecule has 25 heavy (non-hydrogen) atoms. The van der Waals surface area contributed by atoms with E-state index in [-0.39, 0.29) is 17.6 Å². The fourth-order valence-corrected chi connectivity index (χ4v) is 3.34. The second kappa shape index (κ2) is 6.30. The Morgan fingerprint density at radius 3 is 2.76 bits per heavy atom. The summed E-state index contributed by atoms with van der Waals surface area (Å²) in [6, 6.07) is 7.12. The number of aromatic nitrogens is 2. The van der Waals surface area contributed by atoms with Gasteiger partial charge in [0.2, 0.25) is 0 Å². The maximum Gasteiger partial charge on any atom is 0.334 e. The van der Waals surface area contributed by atoms with Gasteiger partial charge in [-0.3, -0.25) is 20.6 Å². The summed E-state index contributed by atoms with van der Waals surface area (Å²) in [7, 11) is 1.82. The zero-order chi connectivity index (χ0) is 17.4. The highest BCUT2D eigenvalue weighted by Gasteiger charge is 2.32. The van der Waals surface area contributed by atoms with Crippen LogP contribution < -0.4 is 10.7 Å². The van der Waals surface area contributed by atoms with E-state index >= 15 is 0 Å². The summed E-state index contributed by atoms with van der Waals surface area (Å²) in [5.41, 5.74) is 5.26. The second-order valence-electron chi connectivity index (χ2n) is 6.22. The molecule has 8 nitrogen and oxygen atoms in total. The molecule has 1 aromatic heterocycles. The van der Waals surface area contributed by atoms with E-state index in [1.807, 2.05) is 25.2 Å². The van der Waals surface area contributed by atoms with Gasteiger partial charge in [0.25, 0.3) is 0 Å². The van der Waals surface area contributed by atoms with Crippen LogP contribution in [-0.2, 0) is 4.74 Å². The first-order valence-electron chi connectivity index (χ1n) is 8.26. The van der Waals surface area contributed by atoms with Crippen molar-refractivity contribution in [2.45, 2.75) is 18.9 Å². The van der Waals surface area contributed by atoms with Crippen molar-refractivity contribution >= 4 is 17.6 Å². The molecule has 0 bridgehead atoms. The molecule has 8 heteroatoms. The molecule has 0 saturated carbocycles. The van der Waals surface area contributed by atoms with E-state index in [9.17, 15) is 9.59 Å². The monoisotopic (exact) mass is 341 g/mol. The molecule has 4 rings (SSSR count). The molecule has 0 radical (unpaired) electrons. The second-order valence-corrected chi connectivity index (χ2v) is 6.22. The van der Waals surface area contributed by atoms with Gasteiger partial charge in [-0.25, -0.2) is 9.80 Å². The lowest BCUT2D eigenvalue weighted by molar-refractivity contribution is 0.0312. The van der Waals surface area contributed by atoms with Crippen molar-refractivity contribution in [2.24, 2.45) is 0 Å². The summed E-state index contributed by atoms with van der Waals surface area (Å²) < 4.78 is 5.33. The minimum absolute atomic E-state index is 0.132. The van der Waals surface area contributed by atoms with Gasteiger partial charge < -0.3 is 4.74 Å². The molecule has 3 N–H and O–H groups in total. The number of fused-ring (bicyclic) bond motifs is 3. The van der Waals surface area contributed by atoms with Gasteiger partial charge in [0.15, 0.2) is 11.6 Å². The van der Waals surface area contributed by atoms with Crippen LogP contribution in [0.15, 0.2) is 24.3 Å². The molecular formula is C17H19N5O3. The van der Waals surface area contributed by atoms with E-state index in [1.165, 1.54) is 0 Å². The van der Waals surface area contributed by atoms with Gasteiger partial charge >= 0.3 is 6.03 Å². The van der Waals surface area contributed by atoms with E-state index in [0.29, 0.717) is 30.0 Å². The lowest BCUT2D eigenvalue weighted by Crippen LogP contribution is -2.49. The summed E-state index contributed by atoms with van der Waals surface area (Å²) in [6.45, 7) is 1.38. The molecular weight excluding hydrogens is 322 g/mol. The third-order valence-electron chi connectivity index (χ3n) is 4.68. The summed E-state index contributed by atoms with van der Waals surface area (Å²) in [6.07, 6.45) is 1.73. The minimum atomic E-state index is -0.424. The molecule has 1 aromatic carbocycles. The maximum atomic E-state index is 12.6. The SMILES string of the molecule is CN(NC(=O)Nc1n[nH]c2c1C(=O)c1ccccc1-2)C1CCOCC1. The Balaban J connectivity index is 1.47. The Labute approximate surface area is 144 Å². The smallest absolute Gasteiger partial charge is 0.334 e. The van der Waals surface area contributed by atoms with Gasteiger partial charge in [-0.1, -0.05) is 24.3 Å². The molecule has 1 fully saturated rings. The van der Waals surface area contributed by atoms with Crippen LogP contribution in [0.5, 0.6) is 0 Å². The fourth-order valence-electron chi connectivity index (χ4n) is 3.34. The highest BCUT2D eigenvalue weighted by molar-refractivity contribution is 6.24. The number of urea groups is 1. The predicted molar refractivity (Wildman–Crippen MR) is 91.2 cm³/mol. The molecule has 2 amide bonds. The molecule has 1 saturated heterocycles. The number of ether oxygens (including phenoxy) is 1. The van der Waals surface area contributed by atoms with Crippen LogP contribution in [-0.4, -0.2) is 53.3 Å². The summed E-state index contributed by atoms with van der Waals surface area (Å²) in [5.74, 6) is 0.113. The van der Waals surface area contributed by atoms with E-state index in [2.05, 4.69) is 20.9 Å². The maximum absolute atomic E-state index is 12.6. The zero-order valence-corrected chi connectivity index (χ0v) is 13.8. The van der Waals surface area contributed by atoms with Crippen LogP contribution in [0.25, 0.3) is 11.3 Å². The number of anilines is 1. The average molecular weight is 341 g/mol. The number of aromatic amines is 1. The third kappa shape index (κ3) is 2.79. The van der Waals surface area contributed by atoms with E-state index in [4.69, 9.17) is 4.74 Å². The number of hydrogen-bond acceptors (Lipinski definition) is 5. The Bertz CT molecular complexity index is 825. The van der Waals surface area contributed by atoms with Gasteiger partial charge in [0.05, 0.1) is 11.3 Å².